The molecule has 1 fully saturated rings. The number of esters is 1. The van der Waals surface area contributed by atoms with Crippen LogP contribution < -0.4 is 18.8 Å². The highest BCUT2D eigenvalue weighted by molar-refractivity contribution is 7.46. The minimum Gasteiger partial charge on any atom is -0.736 e. The molecule has 258 valence electrons. The fourth-order valence-electron chi connectivity index (χ4n) is 6.55. The van der Waals surface area contributed by atoms with Crippen molar-refractivity contribution in [2.24, 2.45) is 11.8 Å². The molecule has 10 heteroatoms. The maximum absolute atomic E-state index is 12.3. The fraction of sp³-hybridized carbons (Fsp3) is 0.308. The summed E-state index contributed by atoms with van der Waals surface area (Å²) in [4.78, 5) is 26.1. The van der Waals surface area contributed by atoms with E-state index in [1.54, 1.807) is 17.0 Å². The molecule has 7 rings (SSSR count). The van der Waals surface area contributed by atoms with E-state index in [2.05, 4.69) is 37.3 Å². The lowest BCUT2D eigenvalue weighted by molar-refractivity contribution is -0.923. The Morgan fingerprint density at radius 1 is 0.837 bits per heavy atom. The Morgan fingerprint density at radius 2 is 1.33 bits per heavy atom. The van der Waals surface area contributed by atoms with Gasteiger partial charge in [-0.25, -0.2) is 4.57 Å². The summed E-state index contributed by atoms with van der Waals surface area (Å²) < 4.78 is 28.3. The molecule has 2 aliphatic heterocycles. The normalized spacial score (nSPS) is 19.3. The lowest BCUT2D eigenvalue weighted by Gasteiger charge is -2.34. The molecule has 0 saturated carbocycles. The maximum atomic E-state index is 12.3. The first-order chi connectivity index (χ1) is 23.4. The van der Waals surface area contributed by atoms with Crippen molar-refractivity contribution in [2.75, 3.05) is 18.4 Å². The third-order valence-electron chi connectivity index (χ3n) is 8.56. The molecular formula is C39H42Cl2NO6P. The molecule has 1 saturated heterocycles. The van der Waals surface area contributed by atoms with Gasteiger partial charge in [0.2, 0.25) is 0 Å². The molecule has 0 radical (unpaired) electrons. The third kappa shape index (κ3) is 9.36. The van der Waals surface area contributed by atoms with E-state index in [0.29, 0.717) is 5.92 Å². The van der Waals surface area contributed by atoms with Gasteiger partial charge < -0.3 is 23.6 Å². The van der Waals surface area contributed by atoms with E-state index in [1.165, 1.54) is 5.56 Å². The van der Waals surface area contributed by atoms with Crippen molar-refractivity contribution in [3.8, 4) is 22.6 Å². The van der Waals surface area contributed by atoms with Crippen LogP contribution >= 0.6 is 31.0 Å². The average Bonchev–Trinajstić information content (AvgIpc) is 3.17. The number of carbonyl (C=O) groups is 1. The first kappa shape index (κ1) is 36.7. The second kappa shape index (κ2) is 16.0. The van der Waals surface area contributed by atoms with Gasteiger partial charge in [0.05, 0.1) is 24.3 Å². The van der Waals surface area contributed by atoms with E-state index < -0.39 is 7.82 Å². The molecule has 5 aromatic carbocycles. The molecule has 7 nitrogen and oxygen atoms in total. The summed E-state index contributed by atoms with van der Waals surface area (Å²) in [5, 5.41) is 4.05. The number of phosphoric ester groups is 1. The van der Waals surface area contributed by atoms with Crippen LogP contribution in [0.15, 0.2) is 103 Å². The molecule has 0 bridgehead atoms. The summed E-state index contributed by atoms with van der Waals surface area (Å²) in [5.74, 6) is 0.990. The average molecular weight is 723 g/mol. The zero-order valence-corrected chi connectivity index (χ0v) is 30.6. The Labute approximate surface area is 298 Å². The minimum atomic E-state index is -4.50. The Morgan fingerprint density at radius 3 is 1.82 bits per heavy atom. The highest BCUT2D eigenvalue weighted by atomic mass is 35.5. The van der Waals surface area contributed by atoms with Crippen LogP contribution in [0.3, 0.4) is 0 Å². The van der Waals surface area contributed by atoms with Gasteiger partial charge in [0, 0.05) is 29.0 Å². The molecule has 49 heavy (non-hydrogen) atoms. The van der Waals surface area contributed by atoms with E-state index in [4.69, 9.17) is 37.0 Å². The van der Waals surface area contributed by atoms with Crippen molar-refractivity contribution in [3.63, 3.8) is 0 Å². The summed E-state index contributed by atoms with van der Waals surface area (Å²) >= 11 is 9.53. The number of likely N-dealkylation sites (tertiary alicyclic amines) is 1. The molecule has 0 amide bonds. The van der Waals surface area contributed by atoms with Crippen LogP contribution in [0.5, 0.6) is 11.5 Å². The molecular weight excluding hydrogens is 680 g/mol. The standard InChI is InChI=1S/C20H13O4P.C18H27NO2.CH2Cl2/c21-25(22)23-17-11-9-13-5-1-3-7-15(13)19(17)20-16-8-4-2-6-14(16)10-12-18(20)24-25;1-14-12-19(13-15-8-6-5-7-9-15)11-10-16(14)17(20)21-18(2,3)4;2-1-3/h1-12H,(H,21,22);5-9,14,16H,10-13H2,1-4H3;1H2/t;14-,16-;/m.0./s1. The van der Waals surface area contributed by atoms with Crippen LogP contribution in [0.25, 0.3) is 32.7 Å². The van der Waals surface area contributed by atoms with Gasteiger partial charge in [0.25, 0.3) is 0 Å². The first-order valence-electron chi connectivity index (χ1n) is 16.4. The molecule has 0 spiro atoms. The minimum absolute atomic E-state index is 0.0197. The second-order valence-electron chi connectivity index (χ2n) is 13.3. The molecule has 3 atom stereocenters. The van der Waals surface area contributed by atoms with Crippen molar-refractivity contribution >= 4 is 58.5 Å². The molecule has 1 N–H and O–H groups in total. The number of nitrogens with one attached hydrogen (secondary N) is 1. The SMILES string of the molecule is C[C@H]1C[NH+](Cc2ccccc2)CC[C@@H]1C(=O)OC(C)(C)C.ClCCl.O=P1([O-])Oc2ccc3ccccc3c2-c2c(ccc3ccccc23)O1. The number of fused-ring (bicyclic) bond motifs is 7. The Bertz CT molecular complexity index is 1860. The van der Waals surface area contributed by atoms with E-state index >= 15 is 0 Å². The van der Waals surface area contributed by atoms with Crippen molar-refractivity contribution in [3.05, 3.63) is 109 Å². The van der Waals surface area contributed by atoms with E-state index in [0.717, 1.165) is 58.7 Å². The monoisotopic (exact) mass is 721 g/mol. The van der Waals surface area contributed by atoms with Crippen molar-refractivity contribution in [1.29, 1.82) is 0 Å². The zero-order chi connectivity index (χ0) is 35.2. The number of carbonyl (C=O) groups excluding carboxylic acids is 1. The van der Waals surface area contributed by atoms with Gasteiger partial charge in [0.15, 0.2) is 0 Å². The summed E-state index contributed by atoms with van der Waals surface area (Å²) in [5.41, 5.74) is 2.46. The van der Waals surface area contributed by atoms with E-state index in [-0.39, 0.29) is 34.3 Å². The molecule has 0 aromatic heterocycles. The van der Waals surface area contributed by atoms with Crippen LogP contribution in [-0.4, -0.2) is 30.0 Å². The Kier molecular flexibility index (Phi) is 12.0. The zero-order valence-electron chi connectivity index (χ0n) is 28.2. The van der Waals surface area contributed by atoms with Crippen LogP contribution in [0.4, 0.5) is 0 Å². The lowest BCUT2D eigenvalue weighted by atomic mass is 9.86. The number of hydrogen-bond acceptors (Lipinski definition) is 6. The predicted octanol–water partition coefficient (Wildman–Crippen LogP) is 8.39. The molecule has 2 aliphatic rings. The Hall–Kier alpha value is -3.58. The van der Waals surface area contributed by atoms with Crippen LogP contribution in [-0.2, 0) is 20.6 Å². The maximum Gasteiger partial charge on any atom is 0.372 e. The van der Waals surface area contributed by atoms with Gasteiger partial charge in [-0.15, -0.1) is 23.2 Å². The van der Waals surface area contributed by atoms with Gasteiger partial charge in [-0.1, -0.05) is 97.9 Å². The highest BCUT2D eigenvalue weighted by Crippen LogP contribution is 2.55. The van der Waals surface area contributed by atoms with Crippen LogP contribution in [0, 0.1) is 11.8 Å². The van der Waals surface area contributed by atoms with Crippen LogP contribution in [0.1, 0.15) is 39.7 Å². The van der Waals surface area contributed by atoms with Gasteiger partial charge in [0.1, 0.15) is 23.6 Å². The number of benzene rings is 5. The fourth-order valence-corrected chi connectivity index (χ4v) is 7.37. The highest BCUT2D eigenvalue weighted by Gasteiger charge is 2.36. The van der Waals surface area contributed by atoms with Gasteiger partial charge in [-0.3, -0.25) is 4.79 Å². The van der Waals surface area contributed by atoms with Gasteiger partial charge in [-0.05, 0) is 54.4 Å². The quantitative estimate of drug-likeness (QED) is 0.114. The number of ether oxygens (including phenoxy) is 1. The lowest BCUT2D eigenvalue weighted by Crippen LogP contribution is -3.12. The van der Waals surface area contributed by atoms with E-state index in [9.17, 15) is 14.3 Å². The summed E-state index contributed by atoms with van der Waals surface area (Å²) in [6.07, 6.45) is 0.929. The number of hydrogen-bond donors (Lipinski definition) is 1. The van der Waals surface area contributed by atoms with Crippen molar-refractivity contribution < 1.29 is 32.9 Å². The number of piperidine rings is 1. The smallest absolute Gasteiger partial charge is 0.372 e. The summed E-state index contributed by atoms with van der Waals surface area (Å²) in [6, 6.07) is 33.3. The third-order valence-corrected chi connectivity index (χ3v) is 9.41. The van der Waals surface area contributed by atoms with Crippen molar-refractivity contribution in [1.82, 2.24) is 0 Å². The number of phosphoric acid groups is 1. The summed E-state index contributed by atoms with van der Waals surface area (Å²) in [7, 11) is -4.50. The van der Waals surface area contributed by atoms with E-state index in [1.807, 2.05) is 81.4 Å². The number of halogens is 2. The van der Waals surface area contributed by atoms with Crippen molar-refractivity contribution in [2.45, 2.75) is 46.3 Å². The Balaban J connectivity index is 0.000000180. The number of alkyl halides is 2. The van der Waals surface area contributed by atoms with Crippen LogP contribution in [0.2, 0.25) is 0 Å². The topological polar surface area (TPSA) is 89.3 Å². The number of rotatable bonds is 3. The molecule has 2 heterocycles. The predicted molar refractivity (Wildman–Crippen MR) is 196 cm³/mol. The second-order valence-corrected chi connectivity index (χ2v) is 15.4. The molecule has 1 unspecified atom stereocenters. The number of quaternary nitrogens is 1. The summed E-state index contributed by atoms with van der Waals surface area (Å²) in [6.45, 7) is 11.1. The van der Waals surface area contributed by atoms with Gasteiger partial charge in [-0.2, -0.15) is 0 Å². The van der Waals surface area contributed by atoms with Gasteiger partial charge >= 0.3 is 13.8 Å². The first-order valence-corrected chi connectivity index (χ1v) is 18.9. The molecule has 5 aromatic rings. The largest absolute Gasteiger partial charge is 0.736 e. The molecule has 0 aliphatic carbocycles.